The number of hydrogen-bond donors (Lipinski definition) is 4. The van der Waals surface area contributed by atoms with E-state index in [1.54, 1.807) is 41.4 Å². The van der Waals surface area contributed by atoms with Gasteiger partial charge in [0.1, 0.15) is 6.61 Å². The first-order valence-corrected chi connectivity index (χ1v) is 14.8. The molecule has 2 amide bonds. The van der Waals surface area contributed by atoms with E-state index in [-0.39, 0.29) is 42.5 Å². The van der Waals surface area contributed by atoms with Gasteiger partial charge in [0.05, 0.1) is 23.3 Å². The molecule has 0 radical (unpaired) electrons. The molecule has 2 aliphatic rings. The number of anilines is 1. The summed E-state index contributed by atoms with van der Waals surface area (Å²) in [6.07, 6.45) is 12.1. The summed E-state index contributed by atoms with van der Waals surface area (Å²) in [6.45, 7) is 2.77. The molecule has 6 rings (SSSR count). The Bertz CT molecular complexity index is 1560. The molecule has 0 saturated heterocycles. The van der Waals surface area contributed by atoms with Gasteiger partial charge in [-0.2, -0.15) is 5.10 Å². The van der Waals surface area contributed by atoms with E-state index < -0.39 is 6.10 Å². The molecule has 2 aliphatic carbocycles. The lowest BCUT2D eigenvalue weighted by Crippen LogP contribution is -2.51. The van der Waals surface area contributed by atoms with Crippen molar-refractivity contribution in [2.75, 3.05) is 11.9 Å². The highest BCUT2D eigenvalue weighted by Gasteiger charge is 2.35. The summed E-state index contributed by atoms with van der Waals surface area (Å²) in [5.74, 6) is 0.791. The Morgan fingerprint density at radius 1 is 1.12 bits per heavy atom. The molecule has 43 heavy (non-hydrogen) atoms. The van der Waals surface area contributed by atoms with Gasteiger partial charge in [0.2, 0.25) is 5.91 Å². The van der Waals surface area contributed by atoms with Crippen molar-refractivity contribution in [1.82, 2.24) is 35.2 Å². The molecule has 0 bridgehead atoms. The zero-order chi connectivity index (χ0) is 29.8. The molecule has 0 aromatic carbocycles. The van der Waals surface area contributed by atoms with E-state index in [4.69, 9.17) is 4.74 Å². The summed E-state index contributed by atoms with van der Waals surface area (Å²) < 4.78 is 7.51. The number of nitrogens with one attached hydrogen (secondary N) is 3. The first-order valence-electron chi connectivity index (χ1n) is 14.8. The Kier molecular flexibility index (Phi) is 8.68. The van der Waals surface area contributed by atoms with Gasteiger partial charge >= 0.3 is 0 Å². The van der Waals surface area contributed by atoms with Crippen LogP contribution >= 0.6 is 0 Å². The molecule has 2 saturated carbocycles. The Balaban J connectivity index is 0.961. The van der Waals surface area contributed by atoms with Crippen LogP contribution in [0.1, 0.15) is 55.2 Å². The number of aromatic nitrogens is 5. The molecule has 224 valence electrons. The van der Waals surface area contributed by atoms with Crippen molar-refractivity contribution in [2.24, 2.45) is 5.92 Å². The second kappa shape index (κ2) is 12.9. The maximum Gasteiger partial charge on any atom is 0.252 e. The minimum atomic E-state index is -0.404. The van der Waals surface area contributed by atoms with Gasteiger partial charge in [0.25, 0.3) is 5.91 Å². The van der Waals surface area contributed by atoms with Crippen LogP contribution in [0.4, 0.5) is 5.82 Å². The zero-order valence-electron chi connectivity index (χ0n) is 24.0. The normalized spacial score (nSPS) is 22.2. The largest absolute Gasteiger partial charge is 0.390 e. The molecule has 4 heterocycles. The number of fused-ring (bicyclic) bond motifs is 1. The van der Waals surface area contributed by atoms with Crippen LogP contribution in [-0.4, -0.2) is 72.3 Å². The highest BCUT2D eigenvalue weighted by atomic mass is 16.5. The number of nitrogens with zero attached hydrogens (tertiary/aromatic N) is 5. The highest BCUT2D eigenvalue weighted by molar-refractivity contribution is 5.94. The number of aliphatic hydroxyl groups is 1. The molecule has 3 atom stereocenters. The molecular formula is C31H36N8O4. The molecule has 4 N–H and O–H groups in total. The fourth-order valence-corrected chi connectivity index (χ4v) is 5.60. The van der Waals surface area contributed by atoms with Crippen molar-refractivity contribution in [1.29, 1.82) is 0 Å². The van der Waals surface area contributed by atoms with Crippen LogP contribution < -0.4 is 16.0 Å². The van der Waals surface area contributed by atoms with Crippen LogP contribution in [0, 0.1) is 5.92 Å². The van der Waals surface area contributed by atoms with Gasteiger partial charge in [-0.3, -0.25) is 14.6 Å². The van der Waals surface area contributed by atoms with Crippen molar-refractivity contribution in [3.05, 3.63) is 72.7 Å². The topological polar surface area (TPSA) is 156 Å². The molecule has 2 fully saturated rings. The van der Waals surface area contributed by atoms with E-state index in [0.29, 0.717) is 23.8 Å². The van der Waals surface area contributed by atoms with Crippen LogP contribution in [0.2, 0.25) is 0 Å². The highest BCUT2D eigenvalue weighted by Crippen LogP contribution is 2.29. The van der Waals surface area contributed by atoms with Gasteiger partial charge in [-0.05, 0) is 68.9 Å². The molecule has 12 nitrogen and oxygen atoms in total. The average Bonchev–Trinajstić information content (AvgIpc) is 3.61. The van der Waals surface area contributed by atoms with Gasteiger partial charge < -0.3 is 25.8 Å². The standard InChI is InChI=1S/C31H36N8O4/c1-19(14-35-30(41)21-4-3-8-32-15-21)36-24-10-22(11-24)31(42)37-28-13-25-12-20(7-9-39(25)38-28)23-16-33-29(34-17-23)18-43-27-6-2-5-26(27)40/h3-4,7-9,12-13,15-17,19,22,24,26-27,36,40H,2,5-6,10-11,14,18H2,1H3,(H,35,41)(H,37,38,42)/t19-,22?,24?,26-,27-/m0/s1. The molecular weight excluding hydrogens is 548 g/mol. The first-order chi connectivity index (χ1) is 20.9. The molecule has 12 heteroatoms. The van der Waals surface area contributed by atoms with E-state index in [1.165, 1.54) is 0 Å². The minimum absolute atomic E-state index is 0.0458. The predicted molar refractivity (Wildman–Crippen MR) is 159 cm³/mol. The first kappa shape index (κ1) is 28.8. The van der Waals surface area contributed by atoms with E-state index in [9.17, 15) is 14.7 Å². The fourth-order valence-electron chi connectivity index (χ4n) is 5.60. The number of hydrogen-bond acceptors (Lipinski definition) is 9. The van der Waals surface area contributed by atoms with E-state index in [2.05, 4.69) is 36.0 Å². The van der Waals surface area contributed by atoms with Gasteiger partial charge in [-0.15, -0.1) is 0 Å². The summed E-state index contributed by atoms with van der Waals surface area (Å²) in [6, 6.07) is 9.51. The maximum absolute atomic E-state index is 12.9. The monoisotopic (exact) mass is 584 g/mol. The lowest BCUT2D eigenvalue weighted by atomic mass is 9.79. The second-order valence-corrected chi connectivity index (χ2v) is 11.4. The molecule has 4 aromatic rings. The van der Waals surface area contributed by atoms with Gasteiger partial charge in [0.15, 0.2) is 11.6 Å². The summed E-state index contributed by atoms with van der Waals surface area (Å²) >= 11 is 0. The summed E-state index contributed by atoms with van der Waals surface area (Å²) in [5.41, 5.74) is 3.16. The third kappa shape index (κ3) is 7.04. The van der Waals surface area contributed by atoms with E-state index in [1.807, 2.05) is 31.3 Å². The Labute approximate surface area is 249 Å². The SMILES string of the molecule is C[C@@H](CNC(=O)c1cccnc1)NC1CC(C(=O)Nc2cc3cc(-c4cnc(CO[C@H]5CCC[C@@H]5O)nc4)ccn3n2)C1. The average molecular weight is 585 g/mol. The number of carbonyl (C=O) groups is 2. The van der Waals surface area contributed by atoms with E-state index in [0.717, 1.165) is 48.7 Å². The van der Waals surface area contributed by atoms with Crippen molar-refractivity contribution in [3.8, 4) is 11.1 Å². The Morgan fingerprint density at radius 2 is 1.95 bits per heavy atom. The van der Waals surface area contributed by atoms with Crippen LogP contribution in [0.25, 0.3) is 16.6 Å². The maximum atomic E-state index is 12.9. The zero-order valence-corrected chi connectivity index (χ0v) is 24.0. The molecule has 0 spiro atoms. The smallest absolute Gasteiger partial charge is 0.252 e. The lowest BCUT2D eigenvalue weighted by molar-refractivity contribution is -0.123. The summed E-state index contributed by atoms with van der Waals surface area (Å²) in [7, 11) is 0. The quantitative estimate of drug-likeness (QED) is 0.208. The number of amides is 2. The van der Waals surface area contributed by atoms with Gasteiger partial charge in [0, 0.05) is 67.2 Å². The Morgan fingerprint density at radius 3 is 2.70 bits per heavy atom. The third-order valence-corrected chi connectivity index (χ3v) is 8.12. The molecule has 4 aromatic heterocycles. The third-order valence-electron chi connectivity index (χ3n) is 8.12. The number of carbonyl (C=O) groups excluding carboxylic acids is 2. The number of aliphatic hydroxyl groups excluding tert-OH is 1. The van der Waals surface area contributed by atoms with Crippen molar-refractivity contribution in [3.63, 3.8) is 0 Å². The van der Waals surface area contributed by atoms with Crippen molar-refractivity contribution >= 4 is 23.1 Å². The van der Waals surface area contributed by atoms with Crippen LogP contribution in [0.15, 0.2) is 61.3 Å². The number of rotatable bonds is 11. The lowest BCUT2D eigenvalue weighted by Gasteiger charge is -2.36. The van der Waals surface area contributed by atoms with Crippen molar-refractivity contribution < 1.29 is 19.4 Å². The number of ether oxygens (including phenoxy) is 1. The summed E-state index contributed by atoms with van der Waals surface area (Å²) in [5, 5.41) is 23.8. The van der Waals surface area contributed by atoms with Crippen LogP contribution in [0.5, 0.6) is 0 Å². The van der Waals surface area contributed by atoms with Gasteiger partial charge in [-0.1, -0.05) is 0 Å². The van der Waals surface area contributed by atoms with Gasteiger partial charge in [-0.25, -0.2) is 14.5 Å². The summed E-state index contributed by atoms with van der Waals surface area (Å²) in [4.78, 5) is 37.9. The molecule has 0 unspecified atom stereocenters. The minimum Gasteiger partial charge on any atom is -0.390 e. The van der Waals surface area contributed by atoms with E-state index >= 15 is 0 Å². The van der Waals surface area contributed by atoms with Crippen LogP contribution in [0.3, 0.4) is 0 Å². The molecule has 0 aliphatic heterocycles. The Hall–Kier alpha value is -4.26. The number of pyridine rings is 2. The predicted octanol–water partition coefficient (Wildman–Crippen LogP) is 2.74. The fraction of sp³-hybridized carbons (Fsp3) is 0.419. The van der Waals surface area contributed by atoms with Crippen molar-refractivity contribution in [2.45, 2.75) is 69.9 Å². The second-order valence-electron chi connectivity index (χ2n) is 11.4. The van der Waals surface area contributed by atoms with Crippen LogP contribution in [-0.2, 0) is 16.1 Å².